The van der Waals surface area contributed by atoms with Crippen LogP contribution in [0.2, 0.25) is 0 Å². The third-order valence-electron chi connectivity index (χ3n) is 2.09. The highest BCUT2D eigenvalue weighted by Crippen LogP contribution is 2.25. The Kier molecular flexibility index (Phi) is 7.69. The van der Waals surface area contributed by atoms with Crippen molar-refractivity contribution in [1.29, 1.82) is 0 Å². The lowest BCUT2D eigenvalue weighted by atomic mass is 10.1. The monoisotopic (exact) mass is 271 g/mol. The number of oxime groups is 1. The van der Waals surface area contributed by atoms with Crippen LogP contribution in [0.25, 0.3) is 0 Å². The Morgan fingerprint density at radius 2 is 2.06 bits per heavy atom. The van der Waals surface area contributed by atoms with E-state index in [1.165, 1.54) is 0 Å². The molecule has 18 heavy (non-hydrogen) atoms. The molecule has 0 rings (SSSR count). The maximum atomic E-state index is 12.5. The Labute approximate surface area is 104 Å². The molecule has 4 N–H and O–H groups in total. The van der Waals surface area contributed by atoms with Gasteiger partial charge in [-0.3, -0.25) is 0 Å². The zero-order valence-corrected chi connectivity index (χ0v) is 10.5. The van der Waals surface area contributed by atoms with Crippen LogP contribution in [0.1, 0.15) is 13.8 Å². The van der Waals surface area contributed by atoms with E-state index < -0.39 is 24.5 Å². The number of halogens is 3. The van der Waals surface area contributed by atoms with E-state index in [1.54, 1.807) is 0 Å². The summed E-state index contributed by atoms with van der Waals surface area (Å²) in [6, 6.07) is 0. The summed E-state index contributed by atoms with van der Waals surface area (Å²) in [7, 11) is 0. The molecule has 0 aliphatic heterocycles. The standard InChI is InChI=1S/C10H20F3N3O2/c1-7(2)6-18-4-3-15-5-8(9(14)16-17)10(11,12)13/h7-8,15,17H,3-6H2,1-2H3,(H2,14,16). The lowest BCUT2D eigenvalue weighted by Gasteiger charge is -2.19. The van der Waals surface area contributed by atoms with Crippen molar-refractivity contribution in [3.63, 3.8) is 0 Å². The first-order valence-corrected chi connectivity index (χ1v) is 5.61. The van der Waals surface area contributed by atoms with Crippen molar-refractivity contribution in [3.8, 4) is 0 Å². The van der Waals surface area contributed by atoms with Crippen molar-refractivity contribution < 1.29 is 23.1 Å². The maximum Gasteiger partial charge on any atom is 0.400 e. The smallest absolute Gasteiger partial charge is 0.400 e. The van der Waals surface area contributed by atoms with E-state index in [4.69, 9.17) is 15.7 Å². The van der Waals surface area contributed by atoms with Crippen LogP contribution in [0.4, 0.5) is 13.2 Å². The largest absolute Gasteiger partial charge is 0.409 e. The lowest BCUT2D eigenvalue weighted by molar-refractivity contribution is -0.155. The highest BCUT2D eigenvalue weighted by atomic mass is 19.4. The molecule has 0 aromatic rings. The molecule has 108 valence electrons. The number of amidine groups is 1. The van der Waals surface area contributed by atoms with Crippen LogP contribution in [0, 0.1) is 11.8 Å². The van der Waals surface area contributed by atoms with Gasteiger partial charge in [0.2, 0.25) is 0 Å². The number of hydrogen-bond acceptors (Lipinski definition) is 4. The van der Waals surface area contributed by atoms with Crippen LogP contribution in [0.5, 0.6) is 0 Å². The SMILES string of the molecule is CC(C)COCCNCC(C(N)=NO)C(F)(F)F. The number of hydrogen-bond donors (Lipinski definition) is 3. The first-order chi connectivity index (χ1) is 8.29. The topological polar surface area (TPSA) is 79.9 Å². The fraction of sp³-hybridized carbons (Fsp3) is 0.900. The zero-order valence-electron chi connectivity index (χ0n) is 10.5. The molecule has 0 aromatic heterocycles. The molecule has 0 aliphatic rings. The number of alkyl halides is 3. The third-order valence-corrected chi connectivity index (χ3v) is 2.09. The number of ether oxygens (including phenoxy) is 1. The molecule has 0 amide bonds. The Hall–Kier alpha value is -1.02. The van der Waals surface area contributed by atoms with Gasteiger partial charge in [-0.1, -0.05) is 19.0 Å². The molecule has 0 saturated heterocycles. The van der Waals surface area contributed by atoms with Crippen LogP contribution < -0.4 is 11.1 Å². The zero-order chi connectivity index (χ0) is 14.2. The van der Waals surface area contributed by atoms with Gasteiger partial charge in [0.05, 0.1) is 6.61 Å². The van der Waals surface area contributed by atoms with Crippen molar-refractivity contribution in [3.05, 3.63) is 0 Å². The molecule has 8 heteroatoms. The molecule has 0 aromatic carbocycles. The number of rotatable bonds is 8. The molecule has 5 nitrogen and oxygen atoms in total. The van der Waals surface area contributed by atoms with Gasteiger partial charge >= 0.3 is 6.18 Å². The first-order valence-electron chi connectivity index (χ1n) is 5.61. The number of nitrogens with one attached hydrogen (secondary N) is 1. The molecule has 0 saturated carbocycles. The fourth-order valence-corrected chi connectivity index (χ4v) is 1.17. The second kappa shape index (κ2) is 8.15. The van der Waals surface area contributed by atoms with E-state index in [1.807, 2.05) is 13.8 Å². The second-order valence-electron chi connectivity index (χ2n) is 4.29. The molecule has 0 spiro atoms. The van der Waals surface area contributed by atoms with Crippen LogP contribution in [0.3, 0.4) is 0 Å². The third kappa shape index (κ3) is 7.33. The van der Waals surface area contributed by atoms with E-state index in [-0.39, 0.29) is 6.54 Å². The van der Waals surface area contributed by atoms with Gasteiger partial charge in [-0.15, -0.1) is 0 Å². The van der Waals surface area contributed by atoms with Gasteiger partial charge in [-0.25, -0.2) is 0 Å². The molecular formula is C10H20F3N3O2. The number of nitrogens with two attached hydrogens (primary N) is 1. The van der Waals surface area contributed by atoms with Crippen LogP contribution in [0.15, 0.2) is 5.16 Å². The van der Waals surface area contributed by atoms with Crippen LogP contribution in [-0.2, 0) is 4.74 Å². The predicted molar refractivity (Wildman–Crippen MR) is 61.5 cm³/mol. The molecule has 0 aliphatic carbocycles. The van der Waals surface area contributed by atoms with Crippen molar-refractivity contribution in [2.75, 3.05) is 26.3 Å². The average molecular weight is 271 g/mol. The quantitative estimate of drug-likeness (QED) is 0.203. The fourth-order valence-electron chi connectivity index (χ4n) is 1.17. The Morgan fingerprint density at radius 1 is 1.44 bits per heavy atom. The van der Waals surface area contributed by atoms with Crippen LogP contribution >= 0.6 is 0 Å². The van der Waals surface area contributed by atoms with E-state index in [0.29, 0.717) is 19.1 Å². The van der Waals surface area contributed by atoms with Gasteiger partial charge < -0.3 is 21.0 Å². The summed E-state index contributed by atoms with van der Waals surface area (Å²) in [4.78, 5) is 0. The van der Waals surface area contributed by atoms with Crippen molar-refractivity contribution in [2.24, 2.45) is 22.7 Å². The van der Waals surface area contributed by atoms with Gasteiger partial charge in [0.25, 0.3) is 0 Å². The summed E-state index contributed by atoms with van der Waals surface area (Å²) in [5.74, 6) is -2.46. The van der Waals surface area contributed by atoms with Gasteiger partial charge in [0.15, 0.2) is 5.84 Å². The maximum absolute atomic E-state index is 12.5. The van der Waals surface area contributed by atoms with E-state index in [0.717, 1.165) is 0 Å². The summed E-state index contributed by atoms with van der Waals surface area (Å²) < 4.78 is 42.7. The normalized spacial score (nSPS) is 15.1. The molecule has 1 unspecified atom stereocenters. The average Bonchev–Trinajstić information content (AvgIpc) is 2.25. The van der Waals surface area contributed by atoms with E-state index >= 15 is 0 Å². The molecule has 0 bridgehead atoms. The van der Waals surface area contributed by atoms with Crippen molar-refractivity contribution >= 4 is 5.84 Å². The minimum absolute atomic E-state index is 0.276. The van der Waals surface area contributed by atoms with Gasteiger partial charge in [-0.05, 0) is 5.92 Å². The summed E-state index contributed by atoms with van der Waals surface area (Å²) in [6.45, 7) is 4.67. The molecule has 0 fully saturated rings. The Morgan fingerprint density at radius 3 is 2.50 bits per heavy atom. The highest BCUT2D eigenvalue weighted by molar-refractivity contribution is 5.83. The van der Waals surface area contributed by atoms with E-state index in [2.05, 4.69) is 10.5 Å². The molecule has 1 atom stereocenters. The minimum Gasteiger partial charge on any atom is -0.409 e. The molecule has 0 radical (unpaired) electrons. The summed E-state index contributed by atoms with van der Waals surface area (Å²) in [5.41, 5.74) is 4.99. The lowest BCUT2D eigenvalue weighted by Crippen LogP contribution is -2.43. The Bertz CT molecular complexity index is 257. The molecular weight excluding hydrogens is 251 g/mol. The minimum atomic E-state index is -4.54. The molecule has 0 heterocycles. The first kappa shape index (κ1) is 17.0. The van der Waals surface area contributed by atoms with Gasteiger partial charge in [-0.2, -0.15) is 13.2 Å². The Balaban J connectivity index is 3.93. The van der Waals surface area contributed by atoms with E-state index in [9.17, 15) is 13.2 Å². The summed E-state index contributed by atoms with van der Waals surface area (Å²) in [5, 5.41) is 13.2. The summed E-state index contributed by atoms with van der Waals surface area (Å²) in [6.07, 6.45) is -4.54. The highest BCUT2D eigenvalue weighted by Gasteiger charge is 2.42. The van der Waals surface area contributed by atoms with Crippen molar-refractivity contribution in [1.82, 2.24) is 5.32 Å². The second-order valence-corrected chi connectivity index (χ2v) is 4.29. The van der Waals surface area contributed by atoms with Gasteiger partial charge in [0, 0.05) is 19.7 Å². The number of nitrogens with zero attached hydrogens (tertiary/aromatic N) is 1. The summed E-state index contributed by atoms with van der Waals surface area (Å²) >= 11 is 0. The van der Waals surface area contributed by atoms with Crippen molar-refractivity contribution in [2.45, 2.75) is 20.0 Å². The van der Waals surface area contributed by atoms with Crippen LogP contribution in [-0.4, -0.2) is 43.5 Å². The van der Waals surface area contributed by atoms with Gasteiger partial charge in [0.1, 0.15) is 5.92 Å². The predicted octanol–water partition coefficient (Wildman–Crippen LogP) is 1.17.